The summed E-state index contributed by atoms with van der Waals surface area (Å²) in [5.74, 6) is 0. The van der Waals surface area contributed by atoms with Gasteiger partial charge in [-0.05, 0) is 37.1 Å². The first kappa shape index (κ1) is 13.0. The summed E-state index contributed by atoms with van der Waals surface area (Å²) in [4.78, 5) is 6.79. The molecule has 0 saturated heterocycles. The maximum Gasteiger partial charge on any atom is 0.163 e. The van der Waals surface area contributed by atoms with Gasteiger partial charge in [0.05, 0.1) is 6.54 Å². The van der Waals surface area contributed by atoms with Gasteiger partial charge in [-0.2, -0.15) is 0 Å². The fourth-order valence-electron chi connectivity index (χ4n) is 1.92. The molecule has 0 saturated carbocycles. The number of amidine groups is 1. The average Bonchev–Trinajstić information content (AvgIpc) is 2.75. The first-order valence-electron chi connectivity index (χ1n) is 5.69. The quantitative estimate of drug-likeness (QED) is 0.775. The van der Waals surface area contributed by atoms with Crippen molar-refractivity contribution >= 4 is 38.5 Å². The molecule has 1 aliphatic rings. The van der Waals surface area contributed by atoms with Crippen molar-refractivity contribution in [1.82, 2.24) is 0 Å². The molecular weight excluding hydrogens is 296 g/mol. The van der Waals surface area contributed by atoms with Gasteiger partial charge < -0.3 is 4.90 Å². The number of alkyl halides is 1. The lowest BCUT2D eigenvalue weighted by molar-refractivity contribution is 0.990. The van der Waals surface area contributed by atoms with E-state index in [2.05, 4.69) is 64.9 Å². The lowest BCUT2D eigenvalue weighted by atomic mass is 10.1. The number of rotatable bonds is 2. The highest BCUT2D eigenvalue weighted by Gasteiger charge is 2.22. The van der Waals surface area contributed by atoms with E-state index in [9.17, 15) is 0 Å². The molecule has 0 N–H and O–H groups in total. The van der Waals surface area contributed by atoms with Gasteiger partial charge in [-0.1, -0.05) is 33.8 Å². The first-order valence-corrected chi connectivity index (χ1v) is 7.69. The van der Waals surface area contributed by atoms with Crippen LogP contribution in [0, 0.1) is 13.8 Å². The third-order valence-corrected chi connectivity index (χ3v) is 5.23. The van der Waals surface area contributed by atoms with Gasteiger partial charge in [0.25, 0.3) is 0 Å². The fraction of sp³-hybridized carbons (Fsp3) is 0.462. The van der Waals surface area contributed by atoms with Crippen LogP contribution in [-0.4, -0.2) is 29.3 Å². The molecule has 17 heavy (non-hydrogen) atoms. The second-order valence-corrected chi connectivity index (χ2v) is 6.34. The predicted molar refractivity (Wildman–Crippen MR) is 81.8 cm³/mol. The molecular formula is C13H17BrN2S. The van der Waals surface area contributed by atoms with Crippen LogP contribution in [0.4, 0.5) is 5.69 Å². The Morgan fingerprint density at radius 3 is 2.53 bits per heavy atom. The minimum Gasteiger partial charge on any atom is -0.324 e. The van der Waals surface area contributed by atoms with Crippen LogP contribution < -0.4 is 4.90 Å². The molecule has 0 spiro atoms. The number of aliphatic imine (C=N–C) groups is 1. The fourth-order valence-corrected chi connectivity index (χ4v) is 3.45. The zero-order valence-electron chi connectivity index (χ0n) is 10.4. The maximum absolute atomic E-state index is 4.60. The molecule has 2 nitrogen and oxygen atoms in total. The number of hydrogen-bond acceptors (Lipinski definition) is 3. The van der Waals surface area contributed by atoms with E-state index in [0.717, 1.165) is 17.0 Å². The van der Waals surface area contributed by atoms with Gasteiger partial charge in [0, 0.05) is 23.3 Å². The Morgan fingerprint density at radius 2 is 2.00 bits per heavy atom. The van der Waals surface area contributed by atoms with E-state index in [1.54, 1.807) is 0 Å². The van der Waals surface area contributed by atoms with Crippen molar-refractivity contribution in [3.63, 3.8) is 0 Å². The first-order chi connectivity index (χ1) is 8.10. The molecule has 0 radical (unpaired) electrons. The molecule has 1 aliphatic heterocycles. The van der Waals surface area contributed by atoms with Gasteiger partial charge in [-0.25, -0.2) is 0 Å². The van der Waals surface area contributed by atoms with Crippen LogP contribution >= 0.6 is 27.7 Å². The average molecular weight is 313 g/mol. The third kappa shape index (κ3) is 3.05. The Hall–Kier alpha value is -0.480. The van der Waals surface area contributed by atoms with Crippen molar-refractivity contribution in [2.45, 2.75) is 19.1 Å². The second kappa shape index (κ2) is 5.44. The third-order valence-electron chi connectivity index (χ3n) is 2.76. The molecule has 1 aromatic carbocycles. The summed E-state index contributed by atoms with van der Waals surface area (Å²) in [6.07, 6.45) is 0. The number of benzene rings is 1. The van der Waals surface area contributed by atoms with Gasteiger partial charge in [0.1, 0.15) is 0 Å². The Kier molecular flexibility index (Phi) is 4.15. The van der Waals surface area contributed by atoms with Crippen molar-refractivity contribution in [1.29, 1.82) is 0 Å². The zero-order valence-corrected chi connectivity index (χ0v) is 12.8. The van der Waals surface area contributed by atoms with Crippen LogP contribution in [0.25, 0.3) is 0 Å². The molecule has 1 heterocycles. The highest BCUT2D eigenvalue weighted by Crippen LogP contribution is 2.28. The number of anilines is 1. The summed E-state index contributed by atoms with van der Waals surface area (Å²) in [7, 11) is 2.09. The predicted octanol–water partition coefficient (Wildman–Crippen LogP) is 3.61. The number of thioether (sulfide) groups is 1. The Morgan fingerprint density at radius 1 is 1.35 bits per heavy atom. The number of hydrogen-bond donors (Lipinski definition) is 0. The molecule has 4 heteroatoms. The number of halogens is 1. The monoisotopic (exact) mass is 312 g/mol. The van der Waals surface area contributed by atoms with Crippen LogP contribution in [-0.2, 0) is 0 Å². The minimum absolute atomic E-state index is 0.582. The molecule has 2 rings (SSSR count). The smallest absolute Gasteiger partial charge is 0.163 e. The second-order valence-electron chi connectivity index (χ2n) is 4.42. The van der Waals surface area contributed by atoms with E-state index in [0.29, 0.717) is 5.25 Å². The van der Waals surface area contributed by atoms with Crippen LogP contribution in [0.15, 0.2) is 23.2 Å². The Bertz CT molecular complexity index is 425. The zero-order chi connectivity index (χ0) is 12.4. The van der Waals surface area contributed by atoms with Crippen LogP contribution in [0.3, 0.4) is 0 Å². The SMILES string of the molecule is Cc1cc(C)cc(N(C)C2=NCC(CBr)S2)c1. The van der Waals surface area contributed by atoms with Crippen molar-refractivity contribution in [2.24, 2.45) is 4.99 Å². The number of aryl methyl sites for hydroxylation is 2. The molecule has 1 unspecified atom stereocenters. The molecule has 0 bridgehead atoms. The molecule has 1 aromatic rings. The lowest BCUT2D eigenvalue weighted by Crippen LogP contribution is -2.22. The van der Waals surface area contributed by atoms with Gasteiger partial charge in [-0.3, -0.25) is 4.99 Å². The van der Waals surface area contributed by atoms with Gasteiger partial charge >= 0.3 is 0 Å². The number of nitrogens with zero attached hydrogens (tertiary/aromatic N) is 2. The summed E-state index contributed by atoms with van der Waals surface area (Å²) < 4.78 is 0. The highest BCUT2D eigenvalue weighted by atomic mass is 79.9. The van der Waals surface area contributed by atoms with E-state index in [1.807, 2.05) is 11.8 Å². The highest BCUT2D eigenvalue weighted by molar-refractivity contribution is 9.09. The van der Waals surface area contributed by atoms with Crippen LogP contribution in [0.2, 0.25) is 0 Å². The van der Waals surface area contributed by atoms with Crippen molar-refractivity contribution < 1.29 is 0 Å². The van der Waals surface area contributed by atoms with Gasteiger partial charge in [0.15, 0.2) is 5.17 Å². The molecule has 0 aromatic heterocycles. The Labute approximate surface area is 116 Å². The van der Waals surface area contributed by atoms with Crippen molar-refractivity contribution in [3.05, 3.63) is 29.3 Å². The molecule has 0 amide bonds. The summed E-state index contributed by atoms with van der Waals surface area (Å²) in [5.41, 5.74) is 3.82. The van der Waals surface area contributed by atoms with E-state index in [4.69, 9.17) is 0 Å². The molecule has 1 atom stereocenters. The lowest BCUT2D eigenvalue weighted by Gasteiger charge is -2.20. The van der Waals surface area contributed by atoms with E-state index < -0.39 is 0 Å². The van der Waals surface area contributed by atoms with Crippen LogP contribution in [0.5, 0.6) is 0 Å². The minimum atomic E-state index is 0.582. The van der Waals surface area contributed by atoms with Crippen LogP contribution in [0.1, 0.15) is 11.1 Å². The summed E-state index contributed by atoms with van der Waals surface area (Å²) in [5, 5.41) is 2.71. The summed E-state index contributed by atoms with van der Waals surface area (Å²) in [6.45, 7) is 5.19. The van der Waals surface area contributed by atoms with Gasteiger partial charge in [0.2, 0.25) is 0 Å². The van der Waals surface area contributed by atoms with Gasteiger partial charge in [-0.15, -0.1) is 0 Å². The van der Waals surface area contributed by atoms with Crippen molar-refractivity contribution in [3.8, 4) is 0 Å². The summed E-state index contributed by atoms with van der Waals surface area (Å²) >= 11 is 5.37. The molecule has 92 valence electrons. The standard InChI is InChI=1S/C13H17BrN2S/c1-9-4-10(2)6-11(5-9)16(3)13-15-8-12(7-14)17-13/h4-6,12H,7-8H2,1-3H3. The maximum atomic E-state index is 4.60. The van der Waals surface area contributed by atoms with E-state index in [1.165, 1.54) is 16.8 Å². The summed E-state index contributed by atoms with van der Waals surface area (Å²) in [6, 6.07) is 6.61. The molecule has 0 aliphatic carbocycles. The topological polar surface area (TPSA) is 15.6 Å². The van der Waals surface area contributed by atoms with E-state index >= 15 is 0 Å². The van der Waals surface area contributed by atoms with E-state index in [-0.39, 0.29) is 0 Å². The van der Waals surface area contributed by atoms with Crippen molar-refractivity contribution in [2.75, 3.05) is 23.8 Å². The normalized spacial score (nSPS) is 19.3. The largest absolute Gasteiger partial charge is 0.324 e. The molecule has 0 fully saturated rings. The Balaban J connectivity index is 2.17.